The first-order valence-electron chi connectivity index (χ1n) is 9.06. The van der Waals surface area contributed by atoms with Crippen LogP contribution in [0.4, 0.5) is 16.8 Å². The molecule has 0 atom stereocenters. The lowest BCUT2D eigenvalue weighted by Crippen LogP contribution is -2.14. The molecule has 2 aromatic carbocycles. The van der Waals surface area contributed by atoms with Crippen molar-refractivity contribution in [1.82, 2.24) is 20.4 Å². The van der Waals surface area contributed by atoms with Gasteiger partial charge < -0.3 is 9.73 Å². The molecule has 30 heavy (non-hydrogen) atoms. The van der Waals surface area contributed by atoms with Gasteiger partial charge in [0.15, 0.2) is 4.34 Å². The average molecular weight is 439 g/mol. The number of thioether (sulfide) groups is 1. The molecule has 1 amide bonds. The van der Waals surface area contributed by atoms with Crippen LogP contribution in [-0.2, 0) is 4.79 Å². The van der Waals surface area contributed by atoms with Gasteiger partial charge in [0, 0.05) is 11.3 Å². The van der Waals surface area contributed by atoms with Crippen LogP contribution in [0.1, 0.15) is 11.1 Å². The van der Waals surface area contributed by atoms with Crippen molar-refractivity contribution >= 4 is 45.8 Å². The molecule has 0 unspecified atom stereocenters. The van der Waals surface area contributed by atoms with Gasteiger partial charge in [-0.2, -0.15) is 0 Å². The fourth-order valence-corrected chi connectivity index (χ4v) is 4.09. The van der Waals surface area contributed by atoms with Crippen molar-refractivity contribution in [3.05, 3.63) is 59.7 Å². The monoisotopic (exact) mass is 438 g/mol. The smallest absolute Gasteiger partial charge is 0.322 e. The molecule has 152 valence electrons. The summed E-state index contributed by atoms with van der Waals surface area (Å²) < 4.78 is 6.17. The maximum atomic E-state index is 12.2. The molecule has 0 aliphatic carbocycles. The van der Waals surface area contributed by atoms with Gasteiger partial charge >= 0.3 is 6.01 Å². The summed E-state index contributed by atoms with van der Waals surface area (Å²) >= 11 is 2.68. The molecule has 2 N–H and O–H groups in total. The second-order valence-corrected chi connectivity index (χ2v) is 8.61. The van der Waals surface area contributed by atoms with Crippen molar-refractivity contribution in [2.45, 2.75) is 18.2 Å². The van der Waals surface area contributed by atoms with Crippen LogP contribution in [0.25, 0.3) is 11.5 Å². The van der Waals surface area contributed by atoms with Crippen molar-refractivity contribution in [2.75, 3.05) is 16.4 Å². The van der Waals surface area contributed by atoms with Crippen LogP contribution < -0.4 is 10.6 Å². The molecule has 0 aliphatic rings. The second-order valence-electron chi connectivity index (χ2n) is 6.41. The number of rotatable bonds is 7. The Kier molecular flexibility index (Phi) is 6.05. The number of nitrogens with one attached hydrogen (secondary N) is 2. The zero-order valence-corrected chi connectivity index (χ0v) is 17.9. The summed E-state index contributed by atoms with van der Waals surface area (Å²) in [5, 5.41) is 22.6. The summed E-state index contributed by atoms with van der Waals surface area (Å²) in [5.74, 6) is 0.244. The van der Waals surface area contributed by atoms with Gasteiger partial charge in [0.25, 0.3) is 0 Å². The van der Waals surface area contributed by atoms with Crippen molar-refractivity contribution in [1.29, 1.82) is 0 Å². The van der Waals surface area contributed by atoms with Gasteiger partial charge in [-0.1, -0.05) is 52.5 Å². The standard InChI is InChI=1S/C20H18N6O2S2/c1-12-8-9-15(10-13(12)2)21-19-25-26-20(30-19)29-11-16(27)22-18-24-23-17(28-18)14-6-4-3-5-7-14/h3-10H,11H2,1-2H3,(H,21,25)(H,22,24,27). The first-order chi connectivity index (χ1) is 14.6. The summed E-state index contributed by atoms with van der Waals surface area (Å²) in [6.07, 6.45) is 0. The van der Waals surface area contributed by atoms with E-state index < -0.39 is 0 Å². The largest absolute Gasteiger partial charge is 0.403 e. The van der Waals surface area contributed by atoms with E-state index in [4.69, 9.17) is 4.42 Å². The van der Waals surface area contributed by atoms with Gasteiger partial charge in [-0.3, -0.25) is 10.1 Å². The van der Waals surface area contributed by atoms with E-state index in [9.17, 15) is 4.79 Å². The Labute approximate surface area is 181 Å². The number of aromatic nitrogens is 4. The van der Waals surface area contributed by atoms with Crippen molar-refractivity contribution in [3.8, 4) is 11.5 Å². The molecule has 10 heteroatoms. The summed E-state index contributed by atoms with van der Waals surface area (Å²) in [7, 11) is 0. The molecule has 0 bridgehead atoms. The number of nitrogens with zero attached hydrogens (tertiary/aromatic N) is 4. The van der Waals surface area contributed by atoms with Crippen molar-refractivity contribution < 1.29 is 9.21 Å². The summed E-state index contributed by atoms with van der Waals surface area (Å²) in [6, 6.07) is 15.5. The Hall–Kier alpha value is -3.24. The SMILES string of the molecule is Cc1ccc(Nc2nnc(SCC(=O)Nc3nnc(-c4ccccc4)o3)s2)cc1C. The van der Waals surface area contributed by atoms with Gasteiger partial charge in [-0.05, 0) is 49.2 Å². The minimum absolute atomic E-state index is 0.0637. The Morgan fingerprint density at radius 3 is 2.67 bits per heavy atom. The first-order valence-corrected chi connectivity index (χ1v) is 10.9. The predicted octanol–water partition coefficient (Wildman–Crippen LogP) is 4.68. The van der Waals surface area contributed by atoms with E-state index in [0.29, 0.717) is 15.4 Å². The minimum Gasteiger partial charge on any atom is -0.403 e. The highest BCUT2D eigenvalue weighted by atomic mass is 32.2. The van der Waals surface area contributed by atoms with E-state index in [1.165, 1.54) is 34.2 Å². The molecule has 4 aromatic rings. The van der Waals surface area contributed by atoms with Crippen LogP contribution in [-0.4, -0.2) is 32.1 Å². The molecule has 2 aromatic heterocycles. The number of hydrogen-bond acceptors (Lipinski definition) is 9. The zero-order valence-electron chi connectivity index (χ0n) is 16.2. The van der Waals surface area contributed by atoms with Crippen molar-refractivity contribution in [2.24, 2.45) is 0 Å². The Balaban J connectivity index is 1.29. The van der Waals surface area contributed by atoms with Crippen LogP contribution in [0.2, 0.25) is 0 Å². The van der Waals surface area contributed by atoms with Gasteiger partial charge in [0.2, 0.25) is 16.9 Å². The number of amides is 1. The fraction of sp³-hybridized carbons (Fsp3) is 0.150. The summed E-state index contributed by atoms with van der Waals surface area (Å²) in [6.45, 7) is 4.13. The normalized spacial score (nSPS) is 10.7. The number of hydrogen-bond donors (Lipinski definition) is 2. The molecular weight excluding hydrogens is 420 g/mol. The van der Waals surface area contributed by atoms with E-state index in [1.54, 1.807) is 0 Å². The lowest BCUT2D eigenvalue weighted by molar-refractivity contribution is -0.113. The molecule has 0 radical (unpaired) electrons. The minimum atomic E-state index is -0.262. The molecule has 0 spiro atoms. The highest BCUT2D eigenvalue weighted by Crippen LogP contribution is 2.28. The molecule has 2 heterocycles. The first kappa shape index (κ1) is 20.0. The molecule has 0 aliphatic heterocycles. The Bertz CT molecular complexity index is 1160. The third-order valence-corrected chi connectivity index (χ3v) is 6.16. The van der Waals surface area contributed by atoms with E-state index in [-0.39, 0.29) is 17.7 Å². The number of aryl methyl sites for hydroxylation is 2. The van der Waals surface area contributed by atoms with Gasteiger partial charge in [-0.15, -0.1) is 15.3 Å². The summed E-state index contributed by atoms with van der Waals surface area (Å²) in [4.78, 5) is 12.2. The molecule has 8 nitrogen and oxygen atoms in total. The van der Waals surface area contributed by atoms with E-state index in [2.05, 4.69) is 57.0 Å². The van der Waals surface area contributed by atoms with E-state index in [0.717, 1.165) is 11.3 Å². The van der Waals surface area contributed by atoms with Crippen LogP contribution in [0.15, 0.2) is 57.3 Å². The van der Waals surface area contributed by atoms with E-state index in [1.807, 2.05) is 36.4 Å². The highest BCUT2D eigenvalue weighted by molar-refractivity contribution is 8.01. The van der Waals surface area contributed by atoms with Crippen LogP contribution in [0.3, 0.4) is 0 Å². The summed E-state index contributed by atoms with van der Waals surface area (Å²) in [5.41, 5.74) is 4.18. The topological polar surface area (TPSA) is 106 Å². The maximum absolute atomic E-state index is 12.2. The zero-order chi connectivity index (χ0) is 20.9. The van der Waals surface area contributed by atoms with E-state index >= 15 is 0 Å². The number of carbonyl (C=O) groups is 1. The van der Waals surface area contributed by atoms with Crippen LogP contribution >= 0.6 is 23.1 Å². The maximum Gasteiger partial charge on any atom is 0.322 e. The van der Waals surface area contributed by atoms with Crippen molar-refractivity contribution in [3.63, 3.8) is 0 Å². The molecular formula is C20H18N6O2S2. The number of benzene rings is 2. The number of carbonyl (C=O) groups excluding carboxylic acids is 1. The highest BCUT2D eigenvalue weighted by Gasteiger charge is 2.13. The quantitative estimate of drug-likeness (QED) is 0.401. The number of anilines is 3. The fourth-order valence-electron chi connectivity index (χ4n) is 2.52. The predicted molar refractivity (Wildman–Crippen MR) is 118 cm³/mol. The van der Waals surface area contributed by atoms with Gasteiger partial charge in [-0.25, -0.2) is 0 Å². The Morgan fingerprint density at radius 1 is 1.03 bits per heavy atom. The van der Waals surface area contributed by atoms with Crippen LogP contribution in [0.5, 0.6) is 0 Å². The average Bonchev–Trinajstić information content (AvgIpc) is 3.39. The molecule has 0 saturated heterocycles. The third-order valence-electron chi connectivity index (χ3n) is 4.18. The molecule has 4 rings (SSSR count). The van der Waals surface area contributed by atoms with Crippen LogP contribution in [0, 0.1) is 13.8 Å². The lowest BCUT2D eigenvalue weighted by Gasteiger charge is -2.05. The van der Waals surface area contributed by atoms with Gasteiger partial charge in [0.1, 0.15) is 0 Å². The lowest BCUT2D eigenvalue weighted by atomic mass is 10.1. The molecule has 0 saturated carbocycles. The second kappa shape index (κ2) is 9.06. The third kappa shape index (κ3) is 5.02. The Morgan fingerprint density at radius 2 is 1.87 bits per heavy atom. The van der Waals surface area contributed by atoms with Gasteiger partial charge in [0.05, 0.1) is 5.75 Å². The molecule has 0 fully saturated rings.